The van der Waals surface area contributed by atoms with Crippen LogP contribution in [0.15, 0.2) is 60.8 Å². The van der Waals surface area contributed by atoms with Gasteiger partial charge < -0.3 is 9.72 Å². The topological polar surface area (TPSA) is 42.1 Å². The molecule has 1 heterocycles. The fourth-order valence-electron chi connectivity index (χ4n) is 2.86. The SMILES string of the molecule is CCOC(=O)C[C@H](c1ccccc1)c1c[nH]c2ccccc12. The van der Waals surface area contributed by atoms with Crippen LogP contribution in [-0.2, 0) is 9.53 Å². The first-order valence-electron chi connectivity index (χ1n) is 7.56. The zero-order valence-electron chi connectivity index (χ0n) is 12.6. The van der Waals surface area contributed by atoms with Crippen LogP contribution in [-0.4, -0.2) is 17.6 Å². The molecule has 0 bridgehead atoms. The van der Waals surface area contributed by atoms with Gasteiger partial charge in [-0.3, -0.25) is 4.79 Å². The Kier molecular flexibility index (Phi) is 4.24. The number of esters is 1. The van der Waals surface area contributed by atoms with Gasteiger partial charge in [-0.2, -0.15) is 0 Å². The third-order valence-electron chi connectivity index (χ3n) is 3.87. The monoisotopic (exact) mass is 293 g/mol. The molecule has 0 aliphatic carbocycles. The number of H-pyrrole nitrogens is 1. The minimum Gasteiger partial charge on any atom is -0.466 e. The molecule has 0 aliphatic rings. The summed E-state index contributed by atoms with van der Waals surface area (Å²) in [4.78, 5) is 15.3. The fourth-order valence-corrected chi connectivity index (χ4v) is 2.86. The molecule has 0 fully saturated rings. The summed E-state index contributed by atoms with van der Waals surface area (Å²) in [6, 6.07) is 18.3. The number of rotatable bonds is 5. The van der Waals surface area contributed by atoms with E-state index in [9.17, 15) is 4.79 Å². The van der Waals surface area contributed by atoms with Crippen LogP contribution in [0, 0.1) is 0 Å². The highest BCUT2D eigenvalue weighted by Gasteiger charge is 2.21. The smallest absolute Gasteiger partial charge is 0.306 e. The number of carbonyl (C=O) groups is 1. The number of aromatic nitrogens is 1. The van der Waals surface area contributed by atoms with E-state index in [1.54, 1.807) is 0 Å². The molecule has 0 aliphatic heterocycles. The zero-order valence-corrected chi connectivity index (χ0v) is 12.6. The molecule has 1 aromatic heterocycles. The number of para-hydroxylation sites is 1. The molecule has 0 saturated heterocycles. The van der Waals surface area contributed by atoms with Crippen molar-refractivity contribution >= 4 is 16.9 Å². The Morgan fingerprint density at radius 1 is 1.09 bits per heavy atom. The van der Waals surface area contributed by atoms with Crippen LogP contribution >= 0.6 is 0 Å². The van der Waals surface area contributed by atoms with E-state index in [1.807, 2.05) is 49.5 Å². The number of fused-ring (bicyclic) bond motifs is 1. The van der Waals surface area contributed by atoms with Crippen molar-refractivity contribution in [2.24, 2.45) is 0 Å². The van der Waals surface area contributed by atoms with E-state index in [4.69, 9.17) is 4.74 Å². The van der Waals surface area contributed by atoms with E-state index in [-0.39, 0.29) is 11.9 Å². The van der Waals surface area contributed by atoms with Gasteiger partial charge in [-0.25, -0.2) is 0 Å². The summed E-state index contributed by atoms with van der Waals surface area (Å²) < 4.78 is 5.15. The lowest BCUT2D eigenvalue weighted by Crippen LogP contribution is -2.11. The maximum atomic E-state index is 12.0. The van der Waals surface area contributed by atoms with Gasteiger partial charge in [0.1, 0.15) is 0 Å². The molecule has 0 spiro atoms. The van der Waals surface area contributed by atoms with Gasteiger partial charge >= 0.3 is 5.97 Å². The van der Waals surface area contributed by atoms with Crippen LogP contribution in [0.25, 0.3) is 10.9 Å². The number of aromatic amines is 1. The first-order chi connectivity index (χ1) is 10.8. The second-order valence-corrected chi connectivity index (χ2v) is 5.26. The van der Waals surface area contributed by atoms with Crippen LogP contribution in [0.2, 0.25) is 0 Å². The van der Waals surface area contributed by atoms with E-state index in [0.29, 0.717) is 13.0 Å². The van der Waals surface area contributed by atoms with Gasteiger partial charge in [-0.15, -0.1) is 0 Å². The highest BCUT2D eigenvalue weighted by Crippen LogP contribution is 2.33. The number of nitrogens with one attached hydrogen (secondary N) is 1. The Hall–Kier alpha value is -2.55. The minimum absolute atomic E-state index is 0.00333. The third kappa shape index (κ3) is 2.89. The molecule has 0 unspecified atom stereocenters. The first kappa shape index (κ1) is 14.4. The normalized spacial score (nSPS) is 12.2. The lowest BCUT2D eigenvalue weighted by Gasteiger charge is -2.16. The van der Waals surface area contributed by atoms with E-state index in [0.717, 1.165) is 22.0 Å². The second kappa shape index (κ2) is 6.48. The largest absolute Gasteiger partial charge is 0.466 e. The number of carbonyl (C=O) groups excluding carboxylic acids is 1. The molecule has 3 nitrogen and oxygen atoms in total. The summed E-state index contributed by atoms with van der Waals surface area (Å²) in [5.41, 5.74) is 3.34. The highest BCUT2D eigenvalue weighted by molar-refractivity contribution is 5.85. The molecule has 3 heteroatoms. The zero-order chi connectivity index (χ0) is 15.4. The number of hydrogen-bond acceptors (Lipinski definition) is 2. The van der Waals surface area contributed by atoms with E-state index < -0.39 is 0 Å². The predicted octanol–water partition coefficient (Wildman–Crippen LogP) is 4.25. The second-order valence-electron chi connectivity index (χ2n) is 5.26. The standard InChI is InChI=1S/C19H19NO2/c1-2-22-19(21)12-16(14-8-4-3-5-9-14)17-13-20-18-11-7-6-10-15(17)18/h3-11,13,16,20H,2,12H2,1H3/t16-/m1/s1. The van der Waals surface area contributed by atoms with Gasteiger partial charge in [0.25, 0.3) is 0 Å². The Bertz CT molecular complexity index is 761. The average Bonchev–Trinajstić information content (AvgIpc) is 2.98. The number of ether oxygens (including phenoxy) is 1. The fraction of sp³-hybridized carbons (Fsp3) is 0.211. The Morgan fingerprint density at radius 3 is 2.59 bits per heavy atom. The van der Waals surface area contributed by atoms with Crippen LogP contribution in [0.4, 0.5) is 0 Å². The van der Waals surface area contributed by atoms with Gasteiger partial charge in [0.15, 0.2) is 0 Å². The maximum Gasteiger partial charge on any atom is 0.306 e. The first-order valence-corrected chi connectivity index (χ1v) is 7.56. The van der Waals surface area contributed by atoms with Crippen LogP contribution < -0.4 is 0 Å². The molecule has 0 radical (unpaired) electrons. The molecule has 0 saturated carbocycles. The third-order valence-corrected chi connectivity index (χ3v) is 3.87. The molecule has 3 aromatic rings. The molecule has 3 rings (SSSR count). The lowest BCUT2D eigenvalue weighted by molar-refractivity contribution is -0.143. The van der Waals surface area contributed by atoms with E-state index in [1.165, 1.54) is 0 Å². The van der Waals surface area contributed by atoms with Crippen molar-refractivity contribution in [2.75, 3.05) is 6.61 Å². The van der Waals surface area contributed by atoms with Crippen LogP contribution in [0.1, 0.15) is 30.4 Å². The van der Waals surface area contributed by atoms with Crippen molar-refractivity contribution in [1.29, 1.82) is 0 Å². The number of hydrogen-bond donors (Lipinski definition) is 1. The predicted molar refractivity (Wildman–Crippen MR) is 87.8 cm³/mol. The molecule has 112 valence electrons. The molecule has 0 amide bonds. The summed E-state index contributed by atoms with van der Waals surface area (Å²) >= 11 is 0. The van der Waals surface area contributed by atoms with Gasteiger partial charge in [-0.05, 0) is 24.1 Å². The Labute approximate surface area is 129 Å². The summed E-state index contributed by atoms with van der Waals surface area (Å²) in [5.74, 6) is -0.168. The van der Waals surface area contributed by atoms with Crippen molar-refractivity contribution in [3.05, 3.63) is 71.9 Å². The molecular weight excluding hydrogens is 274 g/mol. The quantitative estimate of drug-likeness (QED) is 0.714. The van der Waals surface area contributed by atoms with Gasteiger partial charge in [-0.1, -0.05) is 48.5 Å². The van der Waals surface area contributed by atoms with Crippen LogP contribution in [0.5, 0.6) is 0 Å². The molecule has 1 N–H and O–H groups in total. The van der Waals surface area contributed by atoms with Gasteiger partial charge in [0, 0.05) is 23.0 Å². The van der Waals surface area contributed by atoms with Gasteiger partial charge in [0.05, 0.1) is 13.0 Å². The summed E-state index contributed by atoms with van der Waals surface area (Å²) in [6.45, 7) is 2.25. The molecule has 2 aromatic carbocycles. The van der Waals surface area contributed by atoms with E-state index in [2.05, 4.69) is 23.2 Å². The van der Waals surface area contributed by atoms with Gasteiger partial charge in [0.2, 0.25) is 0 Å². The summed E-state index contributed by atoms with van der Waals surface area (Å²) in [6.07, 6.45) is 2.35. The minimum atomic E-state index is -0.165. The Balaban J connectivity index is 2.03. The van der Waals surface area contributed by atoms with Crippen molar-refractivity contribution in [3.63, 3.8) is 0 Å². The molecule has 1 atom stereocenters. The van der Waals surface area contributed by atoms with Crippen molar-refractivity contribution in [2.45, 2.75) is 19.3 Å². The highest BCUT2D eigenvalue weighted by atomic mass is 16.5. The lowest BCUT2D eigenvalue weighted by atomic mass is 9.88. The number of benzene rings is 2. The maximum absolute atomic E-state index is 12.0. The molecule has 22 heavy (non-hydrogen) atoms. The molecular formula is C19H19NO2. The van der Waals surface area contributed by atoms with Crippen molar-refractivity contribution in [1.82, 2.24) is 4.98 Å². The summed E-state index contributed by atoms with van der Waals surface area (Å²) in [7, 11) is 0. The van der Waals surface area contributed by atoms with Crippen LogP contribution in [0.3, 0.4) is 0 Å². The van der Waals surface area contributed by atoms with Crippen molar-refractivity contribution in [3.8, 4) is 0 Å². The van der Waals surface area contributed by atoms with E-state index >= 15 is 0 Å². The Morgan fingerprint density at radius 2 is 1.82 bits per heavy atom. The van der Waals surface area contributed by atoms with Crippen molar-refractivity contribution < 1.29 is 9.53 Å². The average molecular weight is 293 g/mol. The summed E-state index contributed by atoms with van der Waals surface area (Å²) in [5, 5.41) is 1.15.